The topological polar surface area (TPSA) is 47.6 Å². The van der Waals surface area contributed by atoms with Gasteiger partial charge in [-0.15, -0.1) is 0 Å². The van der Waals surface area contributed by atoms with Gasteiger partial charge in [0.15, 0.2) is 11.9 Å². The van der Waals surface area contributed by atoms with Crippen molar-refractivity contribution in [3.8, 4) is 11.3 Å². The number of oxime groups is 1. The largest absolute Gasteiger partial charge is 0.388 e. The van der Waals surface area contributed by atoms with E-state index < -0.39 is 0 Å². The van der Waals surface area contributed by atoms with Gasteiger partial charge in [0, 0.05) is 18.1 Å². The summed E-state index contributed by atoms with van der Waals surface area (Å²) in [6.45, 7) is 2.07. The summed E-state index contributed by atoms with van der Waals surface area (Å²) >= 11 is 0. The highest BCUT2D eigenvalue weighted by Crippen LogP contribution is 2.21. The van der Waals surface area contributed by atoms with Gasteiger partial charge in [-0.25, -0.2) is 0 Å². The smallest absolute Gasteiger partial charge is 0.160 e. The van der Waals surface area contributed by atoms with E-state index >= 15 is 0 Å². The van der Waals surface area contributed by atoms with Crippen molar-refractivity contribution < 1.29 is 9.36 Å². The fourth-order valence-corrected chi connectivity index (χ4v) is 2.73. The molecule has 4 rings (SSSR count). The van der Waals surface area contributed by atoms with Crippen molar-refractivity contribution in [2.24, 2.45) is 5.16 Å². The fraction of sp³-hybridized carbons (Fsp3) is 0.143. The Bertz CT molecular complexity index is 909. The van der Waals surface area contributed by atoms with Gasteiger partial charge in [0.05, 0.1) is 5.71 Å². The highest BCUT2D eigenvalue weighted by molar-refractivity contribution is 6.01. The molecule has 0 bridgehead atoms. The van der Waals surface area contributed by atoms with Crippen LogP contribution >= 0.6 is 0 Å². The van der Waals surface area contributed by atoms with Gasteiger partial charge in [0.1, 0.15) is 5.69 Å². The van der Waals surface area contributed by atoms with Crippen LogP contribution in [0.5, 0.6) is 0 Å². The molecule has 1 atom stereocenters. The van der Waals surface area contributed by atoms with Crippen LogP contribution in [0.1, 0.15) is 23.3 Å². The van der Waals surface area contributed by atoms with Crippen LogP contribution < -0.4 is 0 Å². The first-order valence-corrected chi connectivity index (χ1v) is 8.28. The molecule has 0 N–H and O–H groups in total. The van der Waals surface area contributed by atoms with E-state index in [1.165, 1.54) is 5.56 Å². The van der Waals surface area contributed by atoms with Crippen LogP contribution in [0.15, 0.2) is 76.4 Å². The minimum atomic E-state index is -0.0819. The lowest BCUT2D eigenvalue weighted by Gasteiger charge is -2.00. The number of benzene rings is 2. The van der Waals surface area contributed by atoms with Crippen molar-refractivity contribution >= 4 is 11.8 Å². The van der Waals surface area contributed by atoms with E-state index in [1.807, 2.05) is 48.6 Å². The number of rotatable bonds is 4. The molecule has 0 saturated carbocycles. The quantitative estimate of drug-likeness (QED) is 0.686. The first kappa shape index (κ1) is 15.4. The SMILES string of the molecule is Cc1ccc(C2=NOC(/C=C/c3cc(-c4ccccc4)no3)C2)cc1. The van der Waals surface area contributed by atoms with E-state index in [9.17, 15) is 0 Å². The minimum Gasteiger partial charge on any atom is -0.388 e. The maximum absolute atomic E-state index is 5.50. The van der Waals surface area contributed by atoms with E-state index in [0.717, 1.165) is 29.0 Å². The van der Waals surface area contributed by atoms with Gasteiger partial charge in [-0.1, -0.05) is 70.5 Å². The summed E-state index contributed by atoms with van der Waals surface area (Å²) in [5.74, 6) is 0.700. The molecule has 1 aromatic heterocycles. The van der Waals surface area contributed by atoms with E-state index in [0.29, 0.717) is 5.76 Å². The zero-order valence-corrected chi connectivity index (χ0v) is 13.9. The van der Waals surface area contributed by atoms with E-state index in [1.54, 1.807) is 0 Å². The van der Waals surface area contributed by atoms with Crippen LogP contribution in [0.3, 0.4) is 0 Å². The third-order valence-electron chi connectivity index (χ3n) is 4.15. The molecule has 0 spiro atoms. The van der Waals surface area contributed by atoms with E-state index in [-0.39, 0.29) is 6.10 Å². The number of hydrogen-bond acceptors (Lipinski definition) is 4. The van der Waals surface area contributed by atoms with Crippen LogP contribution in [-0.2, 0) is 4.84 Å². The van der Waals surface area contributed by atoms with Crippen LogP contribution in [0.25, 0.3) is 17.3 Å². The summed E-state index contributed by atoms with van der Waals surface area (Å²) in [5.41, 5.74) is 5.17. The minimum absolute atomic E-state index is 0.0819. The van der Waals surface area contributed by atoms with Gasteiger partial charge in [0.25, 0.3) is 0 Å². The van der Waals surface area contributed by atoms with Gasteiger partial charge in [0.2, 0.25) is 0 Å². The zero-order valence-electron chi connectivity index (χ0n) is 13.9. The van der Waals surface area contributed by atoms with Crippen LogP contribution in [0, 0.1) is 6.92 Å². The number of hydrogen-bond donors (Lipinski definition) is 0. The molecule has 2 heterocycles. The Labute approximate surface area is 146 Å². The molecule has 0 radical (unpaired) electrons. The number of aryl methyl sites for hydroxylation is 1. The van der Waals surface area contributed by atoms with E-state index in [2.05, 4.69) is 41.5 Å². The maximum Gasteiger partial charge on any atom is 0.160 e. The second-order valence-corrected chi connectivity index (χ2v) is 6.09. The molecule has 124 valence electrons. The van der Waals surface area contributed by atoms with Crippen molar-refractivity contribution in [3.05, 3.63) is 83.6 Å². The first-order chi connectivity index (χ1) is 12.3. The lowest BCUT2D eigenvalue weighted by molar-refractivity contribution is 0.120. The van der Waals surface area contributed by atoms with Crippen molar-refractivity contribution in [1.82, 2.24) is 5.16 Å². The highest BCUT2D eigenvalue weighted by Gasteiger charge is 2.19. The third kappa shape index (κ3) is 3.53. The van der Waals surface area contributed by atoms with Crippen molar-refractivity contribution in [3.63, 3.8) is 0 Å². The molecule has 0 amide bonds. The summed E-state index contributed by atoms with van der Waals surface area (Å²) in [4.78, 5) is 5.50. The molecular weight excluding hydrogens is 312 g/mol. The molecule has 4 nitrogen and oxygen atoms in total. The van der Waals surface area contributed by atoms with Crippen molar-refractivity contribution in [2.75, 3.05) is 0 Å². The zero-order chi connectivity index (χ0) is 17.1. The number of nitrogens with zero attached hydrogens (tertiary/aromatic N) is 2. The Morgan fingerprint density at radius 1 is 1.00 bits per heavy atom. The molecule has 0 aliphatic carbocycles. The lowest BCUT2D eigenvalue weighted by atomic mass is 10.0. The standard InChI is InChI=1S/C21H18N2O2/c1-15-7-9-17(10-8-15)21-14-19(25-23-21)12-11-18-13-20(22-24-18)16-5-3-2-4-6-16/h2-13,19H,14H2,1H3/b12-11+. The number of aromatic nitrogens is 1. The normalized spacial score (nSPS) is 16.8. The molecule has 0 fully saturated rings. The molecular formula is C21H18N2O2. The molecule has 1 unspecified atom stereocenters. The Balaban J connectivity index is 1.40. The Morgan fingerprint density at radius 3 is 2.60 bits per heavy atom. The monoisotopic (exact) mass is 330 g/mol. The third-order valence-corrected chi connectivity index (χ3v) is 4.15. The van der Waals surface area contributed by atoms with Crippen molar-refractivity contribution in [1.29, 1.82) is 0 Å². The summed E-state index contributed by atoms with van der Waals surface area (Å²) in [6.07, 6.45) is 4.51. The highest BCUT2D eigenvalue weighted by atomic mass is 16.6. The summed E-state index contributed by atoms with van der Waals surface area (Å²) in [7, 11) is 0. The average molecular weight is 330 g/mol. The van der Waals surface area contributed by atoms with Crippen LogP contribution in [0.4, 0.5) is 0 Å². The second kappa shape index (κ2) is 6.77. The first-order valence-electron chi connectivity index (χ1n) is 8.28. The maximum atomic E-state index is 5.50. The Hall–Kier alpha value is -3.14. The predicted molar refractivity (Wildman–Crippen MR) is 98.2 cm³/mol. The summed E-state index contributed by atoms with van der Waals surface area (Å²) in [5, 5.41) is 8.31. The van der Waals surface area contributed by atoms with Gasteiger partial charge in [-0.05, 0) is 24.6 Å². The fourth-order valence-electron chi connectivity index (χ4n) is 2.73. The van der Waals surface area contributed by atoms with Crippen LogP contribution in [0.2, 0.25) is 0 Å². The van der Waals surface area contributed by atoms with Crippen molar-refractivity contribution in [2.45, 2.75) is 19.4 Å². The predicted octanol–water partition coefficient (Wildman–Crippen LogP) is 4.86. The lowest BCUT2D eigenvalue weighted by Crippen LogP contribution is -2.04. The van der Waals surface area contributed by atoms with Crippen LogP contribution in [-0.4, -0.2) is 17.0 Å². The summed E-state index contributed by atoms with van der Waals surface area (Å²) in [6, 6.07) is 20.2. The van der Waals surface area contributed by atoms with Gasteiger partial charge >= 0.3 is 0 Å². The second-order valence-electron chi connectivity index (χ2n) is 6.09. The molecule has 3 aromatic rings. The molecule has 2 aromatic carbocycles. The Morgan fingerprint density at radius 2 is 1.80 bits per heavy atom. The van der Waals surface area contributed by atoms with Gasteiger partial charge < -0.3 is 9.36 Å². The van der Waals surface area contributed by atoms with E-state index in [4.69, 9.17) is 9.36 Å². The summed E-state index contributed by atoms with van der Waals surface area (Å²) < 4.78 is 5.37. The molecule has 4 heteroatoms. The molecule has 1 aliphatic heterocycles. The van der Waals surface area contributed by atoms with Gasteiger partial charge in [-0.2, -0.15) is 0 Å². The average Bonchev–Trinajstić information content (AvgIpc) is 3.31. The molecule has 1 aliphatic rings. The van der Waals surface area contributed by atoms with Gasteiger partial charge in [-0.3, -0.25) is 0 Å². The molecule has 0 saturated heterocycles. The Kier molecular flexibility index (Phi) is 4.17. The molecule has 25 heavy (non-hydrogen) atoms.